The Labute approximate surface area is 116 Å². The van der Waals surface area contributed by atoms with Crippen molar-refractivity contribution in [1.82, 2.24) is 5.32 Å². The van der Waals surface area contributed by atoms with Crippen LogP contribution in [0.15, 0.2) is 0 Å². The van der Waals surface area contributed by atoms with Crippen LogP contribution in [0.5, 0.6) is 0 Å². The van der Waals surface area contributed by atoms with Gasteiger partial charge in [0, 0.05) is 6.42 Å². The number of nitrogens with two attached hydrogens (primary N) is 1. The summed E-state index contributed by atoms with van der Waals surface area (Å²) in [7, 11) is 0. The molecular formula is C15H28N2O2. The molecular weight excluding hydrogens is 240 g/mol. The molecule has 2 unspecified atom stereocenters. The first-order valence-corrected chi connectivity index (χ1v) is 7.65. The summed E-state index contributed by atoms with van der Waals surface area (Å²) in [6.45, 7) is 2.85. The molecule has 4 N–H and O–H groups in total. The molecule has 2 fully saturated rings. The van der Waals surface area contributed by atoms with Crippen LogP contribution in [-0.4, -0.2) is 29.7 Å². The molecule has 0 spiro atoms. The highest BCUT2D eigenvalue weighted by atomic mass is 16.3. The maximum Gasteiger partial charge on any atom is 0.221 e. The van der Waals surface area contributed by atoms with Gasteiger partial charge in [-0.05, 0) is 43.6 Å². The molecule has 4 nitrogen and oxygen atoms in total. The van der Waals surface area contributed by atoms with Crippen LogP contribution < -0.4 is 11.1 Å². The molecule has 2 atom stereocenters. The molecule has 0 aromatic carbocycles. The van der Waals surface area contributed by atoms with Crippen molar-refractivity contribution in [2.75, 3.05) is 13.2 Å². The normalized spacial score (nSPS) is 33.5. The van der Waals surface area contributed by atoms with E-state index in [1.165, 1.54) is 12.8 Å². The third-order valence-corrected chi connectivity index (χ3v) is 5.18. The van der Waals surface area contributed by atoms with Crippen LogP contribution in [0.3, 0.4) is 0 Å². The number of carbonyl (C=O) groups is 1. The second kappa shape index (κ2) is 5.80. The molecule has 0 aromatic rings. The minimum Gasteiger partial charge on any atom is -0.394 e. The zero-order chi connectivity index (χ0) is 13.9. The number of hydrogen-bond acceptors (Lipinski definition) is 3. The average molecular weight is 268 g/mol. The summed E-state index contributed by atoms with van der Waals surface area (Å²) in [5.74, 6) is 0.654. The molecule has 0 aromatic heterocycles. The van der Waals surface area contributed by atoms with Gasteiger partial charge in [0.1, 0.15) is 0 Å². The first kappa shape index (κ1) is 14.8. The van der Waals surface area contributed by atoms with E-state index in [9.17, 15) is 9.90 Å². The van der Waals surface area contributed by atoms with Crippen LogP contribution in [-0.2, 0) is 4.79 Å². The molecule has 2 saturated carbocycles. The number of amides is 1. The molecule has 4 heteroatoms. The maximum absolute atomic E-state index is 12.3. The van der Waals surface area contributed by atoms with Crippen molar-refractivity contribution in [2.45, 2.75) is 63.8 Å². The van der Waals surface area contributed by atoms with Crippen molar-refractivity contribution >= 4 is 5.91 Å². The summed E-state index contributed by atoms with van der Waals surface area (Å²) in [5.41, 5.74) is 5.47. The third-order valence-electron chi connectivity index (χ3n) is 5.18. The van der Waals surface area contributed by atoms with Gasteiger partial charge in [0.2, 0.25) is 5.91 Å². The van der Waals surface area contributed by atoms with Crippen molar-refractivity contribution in [3.8, 4) is 0 Å². The van der Waals surface area contributed by atoms with Crippen molar-refractivity contribution in [2.24, 2.45) is 17.1 Å². The van der Waals surface area contributed by atoms with E-state index in [1.807, 2.05) is 0 Å². The van der Waals surface area contributed by atoms with Crippen LogP contribution in [0.2, 0.25) is 0 Å². The predicted molar refractivity (Wildman–Crippen MR) is 75.5 cm³/mol. The van der Waals surface area contributed by atoms with Crippen LogP contribution in [0.1, 0.15) is 58.3 Å². The smallest absolute Gasteiger partial charge is 0.221 e. The third kappa shape index (κ3) is 3.29. The van der Waals surface area contributed by atoms with Gasteiger partial charge in [-0.3, -0.25) is 4.79 Å². The Morgan fingerprint density at radius 3 is 2.58 bits per heavy atom. The first-order valence-electron chi connectivity index (χ1n) is 7.65. The zero-order valence-electron chi connectivity index (χ0n) is 12.1. The highest BCUT2D eigenvalue weighted by Crippen LogP contribution is 2.43. The van der Waals surface area contributed by atoms with E-state index in [-0.39, 0.29) is 23.5 Å². The van der Waals surface area contributed by atoms with E-state index >= 15 is 0 Å². The van der Waals surface area contributed by atoms with E-state index < -0.39 is 0 Å². The monoisotopic (exact) mass is 268 g/mol. The van der Waals surface area contributed by atoms with Gasteiger partial charge in [-0.25, -0.2) is 0 Å². The van der Waals surface area contributed by atoms with Gasteiger partial charge in [0.05, 0.1) is 12.1 Å². The molecule has 0 bridgehead atoms. The Bertz CT molecular complexity index is 323. The van der Waals surface area contributed by atoms with Gasteiger partial charge in [0.25, 0.3) is 0 Å². The van der Waals surface area contributed by atoms with Gasteiger partial charge in [-0.2, -0.15) is 0 Å². The lowest BCUT2D eigenvalue weighted by molar-refractivity contribution is -0.128. The Morgan fingerprint density at radius 2 is 2.11 bits per heavy atom. The standard InChI is InChI=1S/C15H28N2O2/c1-12-4-2-7-15(8-12,11-18)17-13(19)9-14(10-16)5-3-6-14/h12,18H,2-11,16H2,1H3,(H,17,19). The van der Waals surface area contributed by atoms with Crippen molar-refractivity contribution < 1.29 is 9.90 Å². The second-order valence-corrected chi connectivity index (χ2v) is 6.92. The number of carbonyl (C=O) groups excluding carboxylic acids is 1. The maximum atomic E-state index is 12.3. The summed E-state index contributed by atoms with van der Waals surface area (Å²) >= 11 is 0. The SMILES string of the molecule is CC1CCCC(CO)(NC(=O)CC2(CN)CCC2)C1. The fourth-order valence-electron chi connectivity index (χ4n) is 3.77. The number of aliphatic hydroxyl groups is 1. The second-order valence-electron chi connectivity index (χ2n) is 6.92. The highest BCUT2D eigenvalue weighted by Gasteiger charge is 2.40. The molecule has 2 aliphatic rings. The minimum atomic E-state index is -0.381. The number of nitrogens with one attached hydrogen (secondary N) is 1. The lowest BCUT2D eigenvalue weighted by atomic mass is 9.66. The Morgan fingerprint density at radius 1 is 1.37 bits per heavy atom. The Hall–Kier alpha value is -0.610. The topological polar surface area (TPSA) is 75.3 Å². The van der Waals surface area contributed by atoms with E-state index in [1.54, 1.807) is 0 Å². The van der Waals surface area contributed by atoms with Gasteiger partial charge < -0.3 is 16.2 Å². The van der Waals surface area contributed by atoms with Gasteiger partial charge in [-0.1, -0.05) is 26.2 Å². The van der Waals surface area contributed by atoms with E-state index in [4.69, 9.17) is 5.73 Å². The summed E-state index contributed by atoms with van der Waals surface area (Å²) in [4.78, 5) is 12.3. The highest BCUT2D eigenvalue weighted by molar-refractivity contribution is 5.77. The summed E-state index contributed by atoms with van der Waals surface area (Å²) in [6.07, 6.45) is 7.93. The lowest BCUT2D eigenvalue weighted by Gasteiger charge is -2.43. The number of aliphatic hydroxyl groups excluding tert-OH is 1. The van der Waals surface area contributed by atoms with Gasteiger partial charge >= 0.3 is 0 Å². The van der Waals surface area contributed by atoms with Crippen molar-refractivity contribution in [1.29, 1.82) is 0 Å². The van der Waals surface area contributed by atoms with Gasteiger partial charge in [0.15, 0.2) is 0 Å². The lowest BCUT2D eigenvalue weighted by Crippen LogP contribution is -2.55. The summed E-state index contributed by atoms with van der Waals surface area (Å²) in [5, 5.41) is 12.8. The quantitative estimate of drug-likeness (QED) is 0.708. The van der Waals surface area contributed by atoms with E-state index in [0.29, 0.717) is 18.9 Å². The van der Waals surface area contributed by atoms with E-state index in [0.717, 1.165) is 32.1 Å². The molecule has 19 heavy (non-hydrogen) atoms. The number of rotatable bonds is 5. The molecule has 0 heterocycles. The molecule has 2 rings (SSSR count). The van der Waals surface area contributed by atoms with Crippen molar-refractivity contribution in [3.63, 3.8) is 0 Å². The van der Waals surface area contributed by atoms with E-state index in [2.05, 4.69) is 12.2 Å². The molecule has 110 valence electrons. The largest absolute Gasteiger partial charge is 0.394 e. The Balaban J connectivity index is 1.92. The first-order chi connectivity index (χ1) is 9.03. The van der Waals surface area contributed by atoms with Crippen LogP contribution in [0, 0.1) is 11.3 Å². The summed E-state index contributed by atoms with van der Waals surface area (Å²) in [6, 6.07) is 0. The summed E-state index contributed by atoms with van der Waals surface area (Å²) < 4.78 is 0. The van der Waals surface area contributed by atoms with Crippen molar-refractivity contribution in [3.05, 3.63) is 0 Å². The average Bonchev–Trinajstić information content (AvgIpc) is 2.34. The fourth-order valence-corrected chi connectivity index (χ4v) is 3.77. The van der Waals surface area contributed by atoms with Crippen LogP contribution in [0.4, 0.5) is 0 Å². The van der Waals surface area contributed by atoms with Gasteiger partial charge in [-0.15, -0.1) is 0 Å². The predicted octanol–water partition coefficient (Wildman–Crippen LogP) is 1.56. The van der Waals surface area contributed by atoms with Crippen LogP contribution in [0.25, 0.3) is 0 Å². The minimum absolute atomic E-state index is 0.0427. The zero-order valence-corrected chi connectivity index (χ0v) is 12.1. The van der Waals surface area contributed by atoms with Crippen LogP contribution >= 0.6 is 0 Å². The molecule has 2 aliphatic carbocycles. The molecule has 0 radical (unpaired) electrons. The fraction of sp³-hybridized carbons (Fsp3) is 0.933. The molecule has 0 saturated heterocycles. The number of hydrogen-bond donors (Lipinski definition) is 3. The molecule has 0 aliphatic heterocycles. The Kier molecular flexibility index (Phi) is 4.51. The molecule has 1 amide bonds.